The number of hydrogen-bond donors (Lipinski definition) is 6. The fourth-order valence-corrected chi connectivity index (χ4v) is 12.1. The molecule has 11 heteroatoms. The highest BCUT2D eigenvalue weighted by atomic mass is 16.7. The van der Waals surface area contributed by atoms with E-state index in [1.54, 1.807) is 6.08 Å². The molecule has 0 aromatic rings. The zero-order valence-electron chi connectivity index (χ0n) is 56.6. The average Bonchev–Trinajstić information content (AvgIpc) is 3.60. The molecule has 1 aliphatic rings. The van der Waals surface area contributed by atoms with Gasteiger partial charge < -0.3 is 45.1 Å². The second kappa shape index (κ2) is 64.7. The standard InChI is InChI=1S/C75H143NO10/c1-3-5-7-9-11-13-14-15-16-17-30-34-37-40-43-47-51-55-59-63-71(80)84-64-60-56-52-48-44-41-38-35-32-29-27-25-23-21-19-18-20-22-24-26-28-31-33-36-39-42-46-50-54-58-62-70(79)76-67(68(78)61-57-53-49-45-12-10-8-6-4-2)66-85-75-74(83)73(82)72(81)69(65-77)86-75/h15-16,57,61,67-69,72-75,77-78,81-83H,3-14,17-56,58-60,62-66H2,1-2H3,(H,76,79)/b16-15-,61-57+. The first kappa shape index (κ1) is 82.2. The van der Waals surface area contributed by atoms with Gasteiger partial charge in [0.15, 0.2) is 6.29 Å². The summed E-state index contributed by atoms with van der Waals surface area (Å²) in [5.74, 6) is -0.166. The quantitative estimate of drug-likeness (QED) is 0.0195. The van der Waals surface area contributed by atoms with E-state index in [1.807, 2.05) is 6.08 Å². The Balaban J connectivity index is 1.86. The number of hydrogen-bond acceptors (Lipinski definition) is 10. The van der Waals surface area contributed by atoms with E-state index >= 15 is 0 Å². The van der Waals surface area contributed by atoms with Crippen LogP contribution in [0.2, 0.25) is 0 Å². The van der Waals surface area contributed by atoms with E-state index < -0.39 is 49.5 Å². The molecule has 1 saturated heterocycles. The highest BCUT2D eigenvalue weighted by molar-refractivity contribution is 5.76. The summed E-state index contributed by atoms with van der Waals surface area (Å²) < 4.78 is 16.7. The number of rotatable bonds is 67. The molecule has 0 aromatic carbocycles. The van der Waals surface area contributed by atoms with Gasteiger partial charge in [-0.05, 0) is 57.8 Å². The van der Waals surface area contributed by atoms with E-state index in [9.17, 15) is 35.1 Å². The van der Waals surface area contributed by atoms with Gasteiger partial charge in [-0.3, -0.25) is 9.59 Å². The van der Waals surface area contributed by atoms with Gasteiger partial charge in [-0.15, -0.1) is 0 Å². The summed E-state index contributed by atoms with van der Waals surface area (Å²) in [4.78, 5) is 25.2. The number of aliphatic hydroxyl groups excluding tert-OH is 5. The van der Waals surface area contributed by atoms with Crippen LogP contribution in [0.5, 0.6) is 0 Å². The highest BCUT2D eigenvalue weighted by Gasteiger charge is 2.44. The largest absolute Gasteiger partial charge is 0.466 e. The van der Waals surface area contributed by atoms with Gasteiger partial charge in [-0.25, -0.2) is 0 Å². The number of allylic oxidation sites excluding steroid dienone is 3. The van der Waals surface area contributed by atoms with E-state index in [2.05, 4.69) is 31.3 Å². The molecule has 0 radical (unpaired) electrons. The topological polar surface area (TPSA) is 175 Å². The highest BCUT2D eigenvalue weighted by Crippen LogP contribution is 2.24. The third-order valence-electron chi connectivity index (χ3n) is 18.1. The Hall–Kier alpha value is -1.86. The Morgan fingerprint density at radius 1 is 0.419 bits per heavy atom. The van der Waals surface area contributed by atoms with Crippen LogP contribution in [0.1, 0.15) is 380 Å². The molecule has 1 aliphatic heterocycles. The fraction of sp³-hybridized carbons (Fsp3) is 0.920. The molecular formula is C75H143NO10. The van der Waals surface area contributed by atoms with E-state index in [1.165, 1.54) is 295 Å². The summed E-state index contributed by atoms with van der Waals surface area (Å²) in [5, 5.41) is 54.3. The number of esters is 1. The lowest BCUT2D eigenvalue weighted by molar-refractivity contribution is -0.302. The molecule has 6 N–H and O–H groups in total. The number of unbranched alkanes of at least 4 members (excludes halogenated alkanes) is 51. The second-order valence-corrected chi connectivity index (χ2v) is 26.4. The van der Waals surface area contributed by atoms with Gasteiger partial charge in [0.1, 0.15) is 24.4 Å². The zero-order valence-corrected chi connectivity index (χ0v) is 56.6. The molecule has 1 heterocycles. The Morgan fingerprint density at radius 2 is 0.744 bits per heavy atom. The van der Waals surface area contributed by atoms with Crippen molar-refractivity contribution in [3.63, 3.8) is 0 Å². The molecule has 7 atom stereocenters. The summed E-state index contributed by atoms with van der Waals surface area (Å²) in [6.45, 7) is 4.36. The molecule has 0 spiro atoms. The van der Waals surface area contributed by atoms with Crippen LogP contribution >= 0.6 is 0 Å². The van der Waals surface area contributed by atoms with Crippen LogP contribution in [0.25, 0.3) is 0 Å². The van der Waals surface area contributed by atoms with Crippen LogP contribution < -0.4 is 5.32 Å². The van der Waals surface area contributed by atoms with E-state index in [4.69, 9.17) is 14.2 Å². The normalized spacial score (nSPS) is 18.0. The van der Waals surface area contributed by atoms with Crippen LogP contribution in [-0.4, -0.2) is 100 Å². The maximum Gasteiger partial charge on any atom is 0.305 e. The summed E-state index contributed by atoms with van der Waals surface area (Å²) in [5.41, 5.74) is 0. The summed E-state index contributed by atoms with van der Waals surface area (Å²) >= 11 is 0. The number of ether oxygens (including phenoxy) is 3. The predicted octanol–water partition coefficient (Wildman–Crippen LogP) is 19.6. The lowest BCUT2D eigenvalue weighted by Crippen LogP contribution is -2.60. The Labute approximate surface area is 531 Å². The monoisotopic (exact) mass is 1220 g/mol. The molecule has 1 amide bonds. The number of nitrogens with one attached hydrogen (secondary N) is 1. The summed E-state index contributed by atoms with van der Waals surface area (Å²) in [6.07, 6.45) is 72.1. The molecule has 0 aliphatic carbocycles. The average molecular weight is 1220 g/mol. The third kappa shape index (κ3) is 52.9. The van der Waals surface area contributed by atoms with Crippen molar-refractivity contribution in [3.05, 3.63) is 24.3 Å². The molecule has 0 bridgehead atoms. The lowest BCUT2D eigenvalue weighted by atomic mass is 9.99. The molecule has 0 saturated carbocycles. The first-order valence-corrected chi connectivity index (χ1v) is 37.6. The van der Waals surface area contributed by atoms with Crippen LogP contribution in [0, 0.1) is 0 Å². The molecule has 508 valence electrons. The minimum atomic E-state index is -1.57. The summed E-state index contributed by atoms with van der Waals surface area (Å²) in [6, 6.07) is -0.805. The first-order valence-electron chi connectivity index (χ1n) is 37.6. The van der Waals surface area contributed by atoms with Crippen LogP contribution in [-0.2, 0) is 23.8 Å². The van der Waals surface area contributed by atoms with Crippen LogP contribution in [0.3, 0.4) is 0 Å². The molecule has 1 rings (SSSR count). The van der Waals surface area contributed by atoms with Gasteiger partial charge in [0.2, 0.25) is 5.91 Å². The molecule has 1 fully saturated rings. The van der Waals surface area contributed by atoms with Crippen molar-refractivity contribution < 1.29 is 49.3 Å². The predicted molar refractivity (Wildman–Crippen MR) is 361 cm³/mol. The first-order chi connectivity index (χ1) is 42.2. The van der Waals surface area contributed by atoms with Gasteiger partial charge in [-0.2, -0.15) is 0 Å². The van der Waals surface area contributed by atoms with Crippen molar-refractivity contribution in [3.8, 4) is 0 Å². The van der Waals surface area contributed by atoms with Crippen molar-refractivity contribution in [2.45, 2.75) is 423 Å². The van der Waals surface area contributed by atoms with Gasteiger partial charge >= 0.3 is 5.97 Å². The Kier molecular flexibility index (Phi) is 61.8. The smallest absolute Gasteiger partial charge is 0.305 e. The second-order valence-electron chi connectivity index (χ2n) is 26.4. The maximum absolute atomic E-state index is 13.0. The lowest BCUT2D eigenvalue weighted by Gasteiger charge is -2.40. The Morgan fingerprint density at radius 3 is 1.12 bits per heavy atom. The third-order valence-corrected chi connectivity index (χ3v) is 18.1. The minimum Gasteiger partial charge on any atom is -0.466 e. The van der Waals surface area contributed by atoms with Crippen molar-refractivity contribution >= 4 is 11.9 Å². The van der Waals surface area contributed by atoms with Crippen LogP contribution in [0.15, 0.2) is 24.3 Å². The SMILES string of the molecule is CCCCCCCC/C=C\CCCCCCCCCCCC(=O)OCCCCCCCCCCCCCCCCCCCCCCCCCCCCCCCCC(=O)NC(COC1OC(CO)C(O)C(O)C1O)C(O)/C=C/CCCCCCCCC. The zero-order chi connectivity index (χ0) is 62.3. The van der Waals surface area contributed by atoms with Crippen molar-refractivity contribution in [1.29, 1.82) is 0 Å². The number of amides is 1. The van der Waals surface area contributed by atoms with Crippen molar-refractivity contribution in [2.75, 3.05) is 19.8 Å². The van der Waals surface area contributed by atoms with E-state index in [0.717, 1.165) is 57.8 Å². The maximum atomic E-state index is 13.0. The molecular weight excluding hydrogens is 1070 g/mol. The molecule has 86 heavy (non-hydrogen) atoms. The van der Waals surface area contributed by atoms with E-state index in [-0.39, 0.29) is 18.5 Å². The van der Waals surface area contributed by atoms with Gasteiger partial charge in [0.05, 0.1) is 32.0 Å². The fourth-order valence-electron chi connectivity index (χ4n) is 12.1. The minimum absolute atomic E-state index is 0.0121. The molecule has 0 aromatic heterocycles. The van der Waals surface area contributed by atoms with Crippen molar-refractivity contribution in [1.82, 2.24) is 5.32 Å². The number of aliphatic hydroxyl groups is 5. The van der Waals surface area contributed by atoms with Gasteiger partial charge in [0, 0.05) is 12.8 Å². The van der Waals surface area contributed by atoms with Crippen molar-refractivity contribution in [2.24, 2.45) is 0 Å². The van der Waals surface area contributed by atoms with E-state index in [0.29, 0.717) is 19.4 Å². The number of carbonyl (C=O) groups is 2. The molecule has 11 nitrogen and oxygen atoms in total. The summed E-state index contributed by atoms with van der Waals surface area (Å²) in [7, 11) is 0. The Bertz CT molecular complexity index is 1480. The number of carbonyl (C=O) groups excluding carboxylic acids is 2. The van der Waals surface area contributed by atoms with Crippen LogP contribution in [0.4, 0.5) is 0 Å². The molecule has 7 unspecified atom stereocenters. The van der Waals surface area contributed by atoms with Gasteiger partial charge in [-0.1, -0.05) is 334 Å². The van der Waals surface area contributed by atoms with Gasteiger partial charge in [0.25, 0.3) is 0 Å².